The van der Waals surface area contributed by atoms with Gasteiger partial charge in [0.2, 0.25) is 11.8 Å². The number of hydrogen-bond acceptors (Lipinski definition) is 3. The summed E-state index contributed by atoms with van der Waals surface area (Å²) in [5, 5.41) is 5.92. The fraction of sp³-hybridized carbons (Fsp3) is 0.429. The maximum absolute atomic E-state index is 12.0. The maximum Gasteiger partial charge on any atom is 0.243 e. The lowest BCUT2D eigenvalue weighted by molar-refractivity contribution is -0.136. The highest BCUT2D eigenvalue weighted by molar-refractivity contribution is 5.94. The molecule has 1 aliphatic rings. The lowest BCUT2D eigenvalue weighted by atomic mass is 10.1. The highest BCUT2D eigenvalue weighted by atomic mass is 16.2. The average Bonchev–Trinajstić information content (AvgIpc) is 2.92. The Morgan fingerprint density at radius 1 is 1.37 bits per heavy atom. The first-order valence-corrected chi connectivity index (χ1v) is 6.47. The van der Waals surface area contributed by atoms with Crippen LogP contribution in [0.25, 0.3) is 0 Å². The summed E-state index contributed by atoms with van der Waals surface area (Å²) in [6, 6.07) is 9.24. The summed E-state index contributed by atoms with van der Waals surface area (Å²) >= 11 is 0. The Kier molecular flexibility index (Phi) is 4.52. The van der Waals surface area contributed by atoms with Gasteiger partial charge in [-0.25, -0.2) is 0 Å². The summed E-state index contributed by atoms with van der Waals surface area (Å²) in [5.74, 6) is -0.129. The number of carbonyl (C=O) groups is 2. The van der Waals surface area contributed by atoms with Crippen molar-refractivity contribution >= 4 is 17.5 Å². The molecule has 0 radical (unpaired) electrons. The molecule has 19 heavy (non-hydrogen) atoms. The number of nitrogens with zero attached hydrogens (tertiary/aromatic N) is 1. The van der Waals surface area contributed by atoms with E-state index in [1.165, 1.54) is 4.90 Å². The van der Waals surface area contributed by atoms with Crippen molar-refractivity contribution in [3.8, 4) is 0 Å². The number of likely N-dealkylation sites (N-methyl/N-ethyl adjacent to an activating group) is 1. The van der Waals surface area contributed by atoms with Crippen molar-refractivity contribution in [2.75, 3.05) is 32.0 Å². The number of carbonyl (C=O) groups excluding carboxylic acids is 2. The van der Waals surface area contributed by atoms with E-state index in [2.05, 4.69) is 10.6 Å². The van der Waals surface area contributed by atoms with Crippen LogP contribution in [0.2, 0.25) is 0 Å². The summed E-state index contributed by atoms with van der Waals surface area (Å²) in [5.41, 5.74) is 0.746. The molecule has 2 amide bonds. The molecule has 2 N–H and O–H groups in total. The van der Waals surface area contributed by atoms with E-state index in [9.17, 15) is 9.59 Å². The van der Waals surface area contributed by atoms with E-state index in [1.807, 2.05) is 30.3 Å². The van der Waals surface area contributed by atoms with Gasteiger partial charge in [-0.2, -0.15) is 0 Å². The molecule has 1 aliphatic heterocycles. The van der Waals surface area contributed by atoms with Gasteiger partial charge in [-0.15, -0.1) is 0 Å². The number of amides is 2. The first kappa shape index (κ1) is 13.5. The van der Waals surface area contributed by atoms with Gasteiger partial charge in [0, 0.05) is 19.3 Å². The van der Waals surface area contributed by atoms with E-state index in [0.29, 0.717) is 6.54 Å². The molecule has 5 nitrogen and oxygen atoms in total. The standard InChI is InChI=1S/C14H19N3O2/c1-17(14(19)11-7-8-15-9-11)10-13(18)16-12-5-3-2-4-6-12/h2-6,11,15H,7-10H2,1H3,(H,16,18). The van der Waals surface area contributed by atoms with Crippen LogP contribution in [0.15, 0.2) is 30.3 Å². The Balaban J connectivity index is 1.83. The Bertz CT molecular complexity index is 441. The second-order valence-corrected chi connectivity index (χ2v) is 4.80. The SMILES string of the molecule is CN(CC(=O)Nc1ccccc1)C(=O)C1CCNC1. The van der Waals surface area contributed by atoms with E-state index in [0.717, 1.165) is 18.7 Å². The van der Waals surface area contributed by atoms with Gasteiger partial charge in [-0.1, -0.05) is 18.2 Å². The number of benzene rings is 1. The molecule has 1 fully saturated rings. The highest BCUT2D eigenvalue weighted by Crippen LogP contribution is 2.11. The van der Waals surface area contributed by atoms with Crippen molar-refractivity contribution in [3.63, 3.8) is 0 Å². The van der Waals surface area contributed by atoms with Crippen LogP contribution >= 0.6 is 0 Å². The summed E-state index contributed by atoms with van der Waals surface area (Å²) in [4.78, 5) is 25.4. The summed E-state index contributed by atoms with van der Waals surface area (Å²) in [7, 11) is 1.67. The van der Waals surface area contributed by atoms with Gasteiger partial charge in [0.15, 0.2) is 0 Å². The molecule has 102 valence electrons. The normalized spacial score (nSPS) is 18.1. The fourth-order valence-corrected chi connectivity index (χ4v) is 2.19. The van der Waals surface area contributed by atoms with Gasteiger partial charge in [-0.05, 0) is 25.1 Å². The first-order chi connectivity index (χ1) is 9.16. The smallest absolute Gasteiger partial charge is 0.243 e. The van der Waals surface area contributed by atoms with Crippen molar-refractivity contribution in [2.45, 2.75) is 6.42 Å². The molecule has 5 heteroatoms. The average molecular weight is 261 g/mol. The van der Waals surface area contributed by atoms with Crippen LogP contribution in [0, 0.1) is 5.92 Å². The molecular weight excluding hydrogens is 242 g/mol. The van der Waals surface area contributed by atoms with Crippen molar-refractivity contribution in [2.24, 2.45) is 5.92 Å². The minimum atomic E-state index is -0.173. The molecule has 0 aliphatic carbocycles. The third kappa shape index (κ3) is 3.79. The van der Waals surface area contributed by atoms with Gasteiger partial charge in [-0.3, -0.25) is 9.59 Å². The highest BCUT2D eigenvalue weighted by Gasteiger charge is 2.26. The second kappa shape index (κ2) is 6.33. The quantitative estimate of drug-likeness (QED) is 0.838. The van der Waals surface area contributed by atoms with Gasteiger partial charge in [0.1, 0.15) is 0 Å². The van der Waals surface area contributed by atoms with Crippen LogP contribution in [0.1, 0.15) is 6.42 Å². The van der Waals surface area contributed by atoms with Crippen LogP contribution in [-0.4, -0.2) is 43.4 Å². The van der Waals surface area contributed by atoms with E-state index >= 15 is 0 Å². The number of hydrogen-bond donors (Lipinski definition) is 2. The third-order valence-electron chi connectivity index (χ3n) is 3.22. The van der Waals surface area contributed by atoms with Gasteiger partial charge in [0.25, 0.3) is 0 Å². The van der Waals surface area contributed by atoms with E-state index in [4.69, 9.17) is 0 Å². The zero-order valence-electron chi connectivity index (χ0n) is 11.1. The minimum absolute atomic E-state index is 0.00882. The maximum atomic E-state index is 12.0. The van der Waals surface area contributed by atoms with Crippen molar-refractivity contribution < 1.29 is 9.59 Å². The number of para-hydroxylation sites is 1. The van der Waals surface area contributed by atoms with E-state index in [1.54, 1.807) is 7.05 Å². The molecule has 1 aromatic rings. The van der Waals surface area contributed by atoms with Gasteiger partial charge in [0.05, 0.1) is 12.5 Å². The molecule has 2 rings (SSSR count). The van der Waals surface area contributed by atoms with Crippen LogP contribution in [0.5, 0.6) is 0 Å². The Morgan fingerprint density at radius 3 is 2.74 bits per heavy atom. The van der Waals surface area contributed by atoms with Crippen molar-refractivity contribution in [3.05, 3.63) is 30.3 Å². The Morgan fingerprint density at radius 2 is 2.11 bits per heavy atom. The first-order valence-electron chi connectivity index (χ1n) is 6.47. The van der Waals surface area contributed by atoms with Crippen LogP contribution in [-0.2, 0) is 9.59 Å². The summed E-state index contributed by atoms with van der Waals surface area (Å²) < 4.78 is 0. The molecule has 1 heterocycles. The molecular formula is C14H19N3O2. The number of anilines is 1. The minimum Gasteiger partial charge on any atom is -0.336 e. The summed E-state index contributed by atoms with van der Waals surface area (Å²) in [6.07, 6.45) is 0.851. The van der Waals surface area contributed by atoms with Crippen LogP contribution in [0.4, 0.5) is 5.69 Å². The molecule has 0 aromatic heterocycles. The molecule has 1 atom stereocenters. The van der Waals surface area contributed by atoms with Crippen molar-refractivity contribution in [1.29, 1.82) is 0 Å². The fourth-order valence-electron chi connectivity index (χ4n) is 2.19. The van der Waals surface area contributed by atoms with E-state index in [-0.39, 0.29) is 24.3 Å². The molecule has 1 unspecified atom stereocenters. The lowest BCUT2D eigenvalue weighted by Crippen LogP contribution is -2.39. The van der Waals surface area contributed by atoms with Crippen molar-refractivity contribution in [1.82, 2.24) is 10.2 Å². The molecule has 0 bridgehead atoms. The number of rotatable bonds is 4. The van der Waals surface area contributed by atoms with Gasteiger partial charge >= 0.3 is 0 Å². The zero-order valence-corrected chi connectivity index (χ0v) is 11.1. The lowest BCUT2D eigenvalue weighted by Gasteiger charge is -2.20. The second-order valence-electron chi connectivity index (χ2n) is 4.80. The van der Waals surface area contributed by atoms with Crippen LogP contribution in [0.3, 0.4) is 0 Å². The monoisotopic (exact) mass is 261 g/mol. The zero-order chi connectivity index (χ0) is 13.7. The van der Waals surface area contributed by atoms with Gasteiger partial charge < -0.3 is 15.5 Å². The topological polar surface area (TPSA) is 61.4 Å². The Labute approximate surface area is 113 Å². The predicted molar refractivity (Wildman–Crippen MR) is 73.7 cm³/mol. The molecule has 0 spiro atoms. The summed E-state index contributed by atoms with van der Waals surface area (Å²) in [6.45, 7) is 1.67. The predicted octanol–water partition coefficient (Wildman–Crippen LogP) is 0.693. The molecule has 0 saturated carbocycles. The third-order valence-corrected chi connectivity index (χ3v) is 3.22. The molecule has 1 aromatic carbocycles. The molecule has 1 saturated heterocycles. The Hall–Kier alpha value is -1.88. The largest absolute Gasteiger partial charge is 0.336 e. The van der Waals surface area contributed by atoms with Crippen LogP contribution < -0.4 is 10.6 Å². The number of nitrogens with one attached hydrogen (secondary N) is 2. The van der Waals surface area contributed by atoms with E-state index < -0.39 is 0 Å².